The fourth-order valence-corrected chi connectivity index (χ4v) is 1.80. The minimum absolute atomic E-state index is 0.185. The van der Waals surface area contributed by atoms with E-state index in [1.807, 2.05) is 4.90 Å². The van der Waals surface area contributed by atoms with Gasteiger partial charge < -0.3 is 4.90 Å². The molecule has 0 saturated heterocycles. The van der Waals surface area contributed by atoms with Gasteiger partial charge in [0.2, 0.25) is 5.91 Å². The van der Waals surface area contributed by atoms with Gasteiger partial charge in [0.15, 0.2) is 0 Å². The van der Waals surface area contributed by atoms with Crippen molar-refractivity contribution in [2.24, 2.45) is 5.92 Å². The monoisotopic (exact) mass is 219 g/mol. The Morgan fingerprint density at radius 3 is 2.14 bits per heavy atom. The molecule has 84 valence electrons. The Morgan fingerprint density at radius 1 is 1.21 bits per heavy atom. The molecule has 0 fully saturated rings. The van der Waals surface area contributed by atoms with Gasteiger partial charge in [-0.15, -0.1) is 11.6 Å². The first-order valence-electron chi connectivity index (χ1n) is 5.55. The average Bonchev–Trinajstić information content (AvgIpc) is 2.19. The second kappa shape index (κ2) is 8.10. The standard InChI is InChI=1S/C11H22ClNO/c1-4-8-13(9-7-12)11(14)10(5-2)6-3/h10H,4-9H2,1-3H3. The minimum atomic E-state index is 0.185. The van der Waals surface area contributed by atoms with Gasteiger partial charge in [-0.25, -0.2) is 0 Å². The fraction of sp³-hybridized carbons (Fsp3) is 0.909. The molecule has 14 heavy (non-hydrogen) atoms. The molecular formula is C11H22ClNO. The smallest absolute Gasteiger partial charge is 0.225 e. The molecule has 0 spiro atoms. The first-order chi connectivity index (χ1) is 6.71. The summed E-state index contributed by atoms with van der Waals surface area (Å²) in [5.74, 6) is 0.994. The van der Waals surface area contributed by atoms with E-state index in [0.29, 0.717) is 12.4 Å². The Labute approximate surface area is 92.6 Å². The van der Waals surface area contributed by atoms with Crippen LogP contribution in [-0.2, 0) is 4.79 Å². The van der Waals surface area contributed by atoms with Crippen LogP contribution in [0.25, 0.3) is 0 Å². The van der Waals surface area contributed by atoms with Crippen LogP contribution < -0.4 is 0 Å². The van der Waals surface area contributed by atoms with Gasteiger partial charge in [0.05, 0.1) is 0 Å². The van der Waals surface area contributed by atoms with Crippen LogP contribution in [0.2, 0.25) is 0 Å². The number of carbonyl (C=O) groups is 1. The Balaban J connectivity index is 4.24. The van der Waals surface area contributed by atoms with Gasteiger partial charge in [-0.1, -0.05) is 20.8 Å². The van der Waals surface area contributed by atoms with Crippen molar-refractivity contribution in [3.63, 3.8) is 0 Å². The van der Waals surface area contributed by atoms with Crippen LogP contribution in [-0.4, -0.2) is 29.8 Å². The van der Waals surface area contributed by atoms with E-state index in [2.05, 4.69) is 20.8 Å². The van der Waals surface area contributed by atoms with E-state index in [1.54, 1.807) is 0 Å². The number of hydrogen-bond acceptors (Lipinski definition) is 1. The second-order valence-electron chi connectivity index (χ2n) is 3.53. The zero-order chi connectivity index (χ0) is 11.0. The largest absolute Gasteiger partial charge is 0.341 e. The summed E-state index contributed by atoms with van der Waals surface area (Å²) in [6.45, 7) is 7.74. The number of alkyl halides is 1. The summed E-state index contributed by atoms with van der Waals surface area (Å²) in [6.07, 6.45) is 2.86. The Bertz CT molecular complexity index is 151. The van der Waals surface area contributed by atoms with E-state index in [-0.39, 0.29) is 11.8 Å². The van der Waals surface area contributed by atoms with Gasteiger partial charge in [-0.2, -0.15) is 0 Å². The summed E-state index contributed by atoms with van der Waals surface area (Å²) in [5.41, 5.74) is 0. The van der Waals surface area contributed by atoms with E-state index < -0.39 is 0 Å². The lowest BCUT2D eigenvalue weighted by Gasteiger charge is -2.25. The van der Waals surface area contributed by atoms with E-state index in [1.165, 1.54) is 0 Å². The molecule has 0 aromatic carbocycles. The van der Waals surface area contributed by atoms with E-state index in [0.717, 1.165) is 25.8 Å². The molecule has 3 heteroatoms. The SMILES string of the molecule is CCCN(CCCl)C(=O)C(CC)CC. The molecule has 1 amide bonds. The lowest BCUT2D eigenvalue weighted by molar-refractivity contribution is -0.135. The number of halogens is 1. The third-order valence-electron chi connectivity index (χ3n) is 2.49. The molecule has 0 aliphatic heterocycles. The summed E-state index contributed by atoms with van der Waals surface area (Å²) < 4.78 is 0. The molecule has 2 nitrogen and oxygen atoms in total. The molecule has 0 saturated carbocycles. The van der Waals surface area contributed by atoms with Crippen LogP contribution in [0, 0.1) is 5.92 Å². The van der Waals surface area contributed by atoms with E-state index >= 15 is 0 Å². The predicted molar refractivity (Wildman–Crippen MR) is 61.7 cm³/mol. The average molecular weight is 220 g/mol. The third kappa shape index (κ3) is 4.32. The van der Waals surface area contributed by atoms with Crippen molar-refractivity contribution in [2.45, 2.75) is 40.0 Å². The Morgan fingerprint density at radius 2 is 1.79 bits per heavy atom. The van der Waals surface area contributed by atoms with E-state index in [9.17, 15) is 4.79 Å². The molecule has 0 radical (unpaired) electrons. The van der Waals surface area contributed by atoms with Gasteiger partial charge in [0, 0.05) is 24.9 Å². The summed E-state index contributed by atoms with van der Waals surface area (Å²) in [5, 5.41) is 0. The number of nitrogens with zero attached hydrogens (tertiary/aromatic N) is 1. The van der Waals surface area contributed by atoms with Crippen LogP contribution in [0.3, 0.4) is 0 Å². The molecule has 0 aromatic rings. The first kappa shape index (κ1) is 13.8. The molecule has 0 N–H and O–H groups in total. The summed E-state index contributed by atoms with van der Waals surface area (Å²) in [6, 6.07) is 0. The Hall–Kier alpha value is -0.240. The van der Waals surface area contributed by atoms with Crippen molar-refractivity contribution in [3.05, 3.63) is 0 Å². The van der Waals surface area contributed by atoms with Crippen molar-refractivity contribution in [2.75, 3.05) is 19.0 Å². The van der Waals surface area contributed by atoms with Crippen LogP contribution in [0.1, 0.15) is 40.0 Å². The number of carbonyl (C=O) groups excluding carboxylic acids is 1. The number of rotatable bonds is 7. The van der Waals surface area contributed by atoms with Gasteiger partial charge in [-0.05, 0) is 19.3 Å². The highest BCUT2D eigenvalue weighted by molar-refractivity contribution is 6.18. The first-order valence-corrected chi connectivity index (χ1v) is 6.09. The van der Waals surface area contributed by atoms with Crippen molar-refractivity contribution in [1.29, 1.82) is 0 Å². The van der Waals surface area contributed by atoms with Crippen molar-refractivity contribution in [1.82, 2.24) is 4.90 Å². The van der Waals surface area contributed by atoms with E-state index in [4.69, 9.17) is 11.6 Å². The lowest BCUT2D eigenvalue weighted by atomic mass is 10.0. The molecule has 0 aromatic heterocycles. The molecule has 0 unspecified atom stereocenters. The minimum Gasteiger partial charge on any atom is -0.341 e. The second-order valence-corrected chi connectivity index (χ2v) is 3.91. The third-order valence-corrected chi connectivity index (χ3v) is 2.66. The highest BCUT2D eigenvalue weighted by Gasteiger charge is 2.19. The predicted octanol–water partition coefficient (Wildman–Crippen LogP) is 2.90. The fourth-order valence-electron chi connectivity index (χ4n) is 1.60. The van der Waals surface area contributed by atoms with Crippen molar-refractivity contribution >= 4 is 17.5 Å². The molecule has 0 bridgehead atoms. The summed E-state index contributed by atoms with van der Waals surface area (Å²) in [7, 11) is 0. The van der Waals surface area contributed by atoms with Crippen LogP contribution in [0.5, 0.6) is 0 Å². The van der Waals surface area contributed by atoms with Gasteiger partial charge >= 0.3 is 0 Å². The van der Waals surface area contributed by atoms with Crippen LogP contribution in [0.15, 0.2) is 0 Å². The molecular weight excluding hydrogens is 198 g/mol. The maximum Gasteiger partial charge on any atom is 0.225 e. The van der Waals surface area contributed by atoms with Crippen LogP contribution in [0.4, 0.5) is 0 Å². The summed E-state index contributed by atoms with van der Waals surface area (Å²) in [4.78, 5) is 13.8. The summed E-state index contributed by atoms with van der Waals surface area (Å²) >= 11 is 5.67. The highest BCUT2D eigenvalue weighted by Crippen LogP contribution is 2.12. The van der Waals surface area contributed by atoms with Crippen molar-refractivity contribution in [3.8, 4) is 0 Å². The molecule has 0 aliphatic rings. The molecule has 0 aliphatic carbocycles. The van der Waals surface area contributed by atoms with Gasteiger partial charge in [-0.3, -0.25) is 4.79 Å². The zero-order valence-electron chi connectivity index (χ0n) is 9.55. The highest BCUT2D eigenvalue weighted by atomic mass is 35.5. The van der Waals surface area contributed by atoms with Gasteiger partial charge in [0.25, 0.3) is 0 Å². The molecule has 0 rings (SSSR count). The maximum absolute atomic E-state index is 12.0. The van der Waals surface area contributed by atoms with Gasteiger partial charge in [0.1, 0.15) is 0 Å². The van der Waals surface area contributed by atoms with Crippen LogP contribution >= 0.6 is 11.6 Å². The quantitative estimate of drug-likeness (QED) is 0.603. The Kier molecular flexibility index (Phi) is 7.96. The normalized spacial score (nSPS) is 10.6. The molecule has 0 heterocycles. The molecule has 0 atom stereocenters. The van der Waals surface area contributed by atoms with Crippen molar-refractivity contribution < 1.29 is 4.79 Å². The topological polar surface area (TPSA) is 20.3 Å². The zero-order valence-corrected chi connectivity index (χ0v) is 10.3. The number of amides is 1. The maximum atomic E-state index is 12.0. The lowest BCUT2D eigenvalue weighted by Crippen LogP contribution is -2.37. The number of hydrogen-bond donors (Lipinski definition) is 0.